The average molecular weight is 287 g/mol. The molecule has 19 heavy (non-hydrogen) atoms. The Labute approximate surface area is 119 Å². The standard InChI is InChI=1S/C16H21ClF2/c1-10(2)11-6-7-14(17)12(8-11)9-13-15(18)4-3-5-16(13)19/h3-5,10-12,14H,6-9H2,1-2H3. The minimum absolute atomic E-state index is 0.0361. The summed E-state index contributed by atoms with van der Waals surface area (Å²) in [5.41, 5.74) is 0.197. The minimum Gasteiger partial charge on any atom is -0.207 e. The number of hydrogen-bond donors (Lipinski definition) is 0. The van der Waals surface area contributed by atoms with E-state index < -0.39 is 11.6 Å². The maximum absolute atomic E-state index is 13.7. The van der Waals surface area contributed by atoms with Crippen LogP contribution in [0.3, 0.4) is 0 Å². The lowest BCUT2D eigenvalue weighted by Crippen LogP contribution is -2.29. The summed E-state index contributed by atoms with van der Waals surface area (Å²) in [6.07, 6.45) is 3.46. The van der Waals surface area contributed by atoms with Crippen molar-refractivity contribution in [3.8, 4) is 0 Å². The minimum atomic E-state index is -0.449. The van der Waals surface area contributed by atoms with E-state index in [4.69, 9.17) is 11.6 Å². The molecule has 1 aromatic carbocycles. The van der Waals surface area contributed by atoms with Crippen LogP contribution in [0.5, 0.6) is 0 Å². The van der Waals surface area contributed by atoms with Gasteiger partial charge in [-0.15, -0.1) is 11.6 Å². The topological polar surface area (TPSA) is 0 Å². The van der Waals surface area contributed by atoms with Gasteiger partial charge in [0.1, 0.15) is 11.6 Å². The van der Waals surface area contributed by atoms with E-state index in [1.807, 2.05) is 0 Å². The predicted octanol–water partition coefficient (Wildman–Crippen LogP) is 5.19. The van der Waals surface area contributed by atoms with Crippen molar-refractivity contribution in [2.75, 3.05) is 0 Å². The molecule has 0 heterocycles. The smallest absolute Gasteiger partial charge is 0.129 e. The Morgan fingerprint density at radius 3 is 2.42 bits per heavy atom. The van der Waals surface area contributed by atoms with Crippen LogP contribution in [0.15, 0.2) is 18.2 Å². The van der Waals surface area contributed by atoms with Crippen LogP contribution in [-0.2, 0) is 6.42 Å². The zero-order valence-electron chi connectivity index (χ0n) is 11.5. The first-order chi connectivity index (χ1) is 8.99. The van der Waals surface area contributed by atoms with Gasteiger partial charge in [0, 0.05) is 10.9 Å². The quantitative estimate of drug-likeness (QED) is 0.671. The van der Waals surface area contributed by atoms with Gasteiger partial charge in [-0.3, -0.25) is 0 Å². The predicted molar refractivity (Wildman–Crippen MR) is 75.4 cm³/mol. The lowest BCUT2D eigenvalue weighted by atomic mass is 9.74. The van der Waals surface area contributed by atoms with Crippen LogP contribution in [0.2, 0.25) is 0 Å². The fourth-order valence-corrected chi connectivity index (χ4v) is 3.39. The molecule has 0 nitrogen and oxygen atoms in total. The van der Waals surface area contributed by atoms with Crippen molar-refractivity contribution in [2.24, 2.45) is 17.8 Å². The first-order valence-electron chi connectivity index (χ1n) is 7.06. The van der Waals surface area contributed by atoms with Gasteiger partial charge in [0.25, 0.3) is 0 Å². The van der Waals surface area contributed by atoms with Crippen LogP contribution < -0.4 is 0 Å². The third-order valence-corrected chi connectivity index (χ3v) is 4.98. The number of halogens is 3. The van der Waals surface area contributed by atoms with Gasteiger partial charge in [-0.05, 0) is 55.6 Å². The molecule has 1 aliphatic carbocycles. The Bertz CT molecular complexity index is 411. The fraction of sp³-hybridized carbons (Fsp3) is 0.625. The van der Waals surface area contributed by atoms with Crippen molar-refractivity contribution in [3.05, 3.63) is 35.4 Å². The van der Waals surface area contributed by atoms with Crippen molar-refractivity contribution in [1.29, 1.82) is 0 Å². The van der Waals surface area contributed by atoms with Gasteiger partial charge in [0.15, 0.2) is 0 Å². The van der Waals surface area contributed by atoms with Crippen molar-refractivity contribution < 1.29 is 8.78 Å². The summed E-state index contributed by atoms with van der Waals surface area (Å²) < 4.78 is 27.4. The highest BCUT2D eigenvalue weighted by atomic mass is 35.5. The second kappa shape index (κ2) is 6.21. The van der Waals surface area contributed by atoms with Crippen LogP contribution in [-0.4, -0.2) is 5.38 Å². The molecule has 3 unspecified atom stereocenters. The number of rotatable bonds is 3. The van der Waals surface area contributed by atoms with Crippen LogP contribution in [0.1, 0.15) is 38.7 Å². The van der Waals surface area contributed by atoms with Gasteiger partial charge >= 0.3 is 0 Å². The lowest BCUT2D eigenvalue weighted by Gasteiger charge is -2.35. The summed E-state index contributed by atoms with van der Waals surface area (Å²) >= 11 is 6.36. The largest absolute Gasteiger partial charge is 0.207 e. The molecule has 1 fully saturated rings. The highest BCUT2D eigenvalue weighted by molar-refractivity contribution is 6.20. The zero-order valence-corrected chi connectivity index (χ0v) is 12.3. The molecule has 1 saturated carbocycles. The van der Waals surface area contributed by atoms with Crippen molar-refractivity contribution in [3.63, 3.8) is 0 Å². The molecule has 1 aromatic rings. The van der Waals surface area contributed by atoms with E-state index in [2.05, 4.69) is 13.8 Å². The van der Waals surface area contributed by atoms with E-state index in [0.717, 1.165) is 19.3 Å². The molecule has 3 atom stereocenters. The zero-order chi connectivity index (χ0) is 14.0. The monoisotopic (exact) mass is 286 g/mol. The van der Waals surface area contributed by atoms with Crippen molar-refractivity contribution >= 4 is 11.6 Å². The summed E-state index contributed by atoms with van der Waals surface area (Å²) in [6, 6.07) is 4.05. The Morgan fingerprint density at radius 2 is 1.84 bits per heavy atom. The molecule has 0 aromatic heterocycles. The van der Waals surface area contributed by atoms with Gasteiger partial charge in [0.2, 0.25) is 0 Å². The molecule has 0 N–H and O–H groups in total. The van der Waals surface area contributed by atoms with Gasteiger partial charge < -0.3 is 0 Å². The van der Waals surface area contributed by atoms with E-state index >= 15 is 0 Å². The summed E-state index contributed by atoms with van der Waals surface area (Å²) in [6.45, 7) is 4.42. The summed E-state index contributed by atoms with van der Waals surface area (Å²) in [7, 11) is 0. The van der Waals surface area contributed by atoms with Crippen LogP contribution >= 0.6 is 11.6 Å². The summed E-state index contributed by atoms with van der Waals surface area (Å²) in [5.74, 6) is 0.507. The summed E-state index contributed by atoms with van der Waals surface area (Å²) in [5, 5.41) is 0.0361. The Balaban J connectivity index is 2.12. The van der Waals surface area contributed by atoms with Crippen molar-refractivity contribution in [1.82, 2.24) is 0 Å². The van der Waals surface area contributed by atoms with Gasteiger partial charge in [-0.1, -0.05) is 19.9 Å². The maximum Gasteiger partial charge on any atom is 0.129 e. The summed E-state index contributed by atoms with van der Waals surface area (Å²) in [4.78, 5) is 0. The SMILES string of the molecule is CC(C)C1CCC(Cl)C(Cc2c(F)cccc2F)C1. The number of benzene rings is 1. The number of hydrogen-bond acceptors (Lipinski definition) is 0. The molecule has 0 aliphatic heterocycles. The molecule has 0 bridgehead atoms. The molecule has 0 radical (unpaired) electrons. The van der Waals surface area contributed by atoms with Crippen molar-refractivity contribution in [2.45, 2.75) is 44.9 Å². The Morgan fingerprint density at radius 1 is 1.21 bits per heavy atom. The highest BCUT2D eigenvalue weighted by Gasteiger charge is 2.31. The van der Waals surface area contributed by atoms with E-state index in [1.165, 1.54) is 18.2 Å². The third kappa shape index (κ3) is 3.47. The van der Waals surface area contributed by atoms with Gasteiger partial charge in [-0.2, -0.15) is 0 Å². The average Bonchev–Trinajstić information content (AvgIpc) is 2.35. The van der Waals surface area contributed by atoms with Crippen LogP contribution in [0, 0.1) is 29.4 Å². The molecule has 3 heteroatoms. The molecule has 0 spiro atoms. The second-order valence-corrected chi connectivity index (χ2v) is 6.56. The Kier molecular flexibility index (Phi) is 4.83. The van der Waals surface area contributed by atoms with Gasteiger partial charge in [0.05, 0.1) is 0 Å². The third-order valence-electron chi connectivity index (χ3n) is 4.40. The van der Waals surface area contributed by atoms with E-state index in [0.29, 0.717) is 18.3 Å². The first-order valence-corrected chi connectivity index (χ1v) is 7.49. The Hall–Kier alpha value is -0.630. The molecule has 2 rings (SSSR count). The van der Waals surface area contributed by atoms with Crippen LogP contribution in [0.4, 0.5) is 8.78 Å². The fourth-order valence-electron chi connectivity index (χ4n) is 3.07. The number of alkyl halides is 1. The second-order valence-electron chi connectivity index (χ2n) is 6.00. The molecule has 0 saturated heterocycles. The molecule has 1 aliphatic rings. The molecule has 0 amide bonds. The molecular formula is C16H21ClF2. The lowest BCUT2D eigenvalue weighted by molar-refractivity contribution is 0.216. The van der Waals surface area contributed by atoms with Gasteiger partial charge in [-0.25, -0.2) is 8.78 Å². The van der Waals surface area contributed by atoms with Crippen LogP contribution in [0.25, 0.3) is 0 Å². The first kappa shape index (κ1) is 14.8. The normalized spacial score (nSPS) is 27.8. The molecular weight excluding hydrogens is 266 g/mol. The maximum atomic E-state index is 13.7. The van der Waals surface area contributed by atoms with E-state index in [9.17, 15) is 8.78 Å². The highest BCUT2D eigenvalue weighted by Crippen LogP contribution is 2.38. The van der Waals surface area contributed by atoms with E-state index in [-0.39, 0.29) is 16.9 Å². The molecule has 106 valence electrons. The van der Waals surface area contributed by atoms with E-state index in [1.54, 1.807) is 0 Å².